The maximum Gasteiger partial charge on any atom is 0.270 e. The van der Waals surface area contributed by atoms with E-state index in [1.807, 2.05) is 6.92 Å². The number of nitrogens with one attached hydrogen (secondary N) is 2. The Bertz CT molecular complexity index is 911. The van der Waals surface area contributed by atoms with Crippen molar-refractivity contribution in [2.75, 3.05) is 11.9 Å². The van der Waals surface area contributed by atoms with E-state index in [1.165, 1.54) is 0 Å². The van der Waals surface area contributed by atoms with Gasteiger partial charge in [0.15, 0.2) is 0 Å². The highest BCUT2D eigenvalue weighted by Gasteiger charge is 2.10. The summed E-state index contributed by atoms with van der Waals surface area (Å²) >= 11 is 0. The van der Waals surface area contributed by atoms with Gasteiger partial charge in [-0.05, 0) is 37.3 Å². The van der Waals surface area contributed by atoms with Crippen LogP contribution in [0, 0.1) is 10.1 Å². The summed E-state index contributed by atoms with van der Waals surface area (Å²) in [4.78, 5) is 33.8. The molecule has 10 heteroatoms. The van der Waals surface area contributed by atoms with Crippen LogP contribution in [-0.4, -0.2) is 34.7 Å². The lowest BCUT2D eigenvalue weighted by molar-refractivity contribution is -0.384. The van der Waals surface area contributed by atoms with Crippen LogP contribution >= 0.6 is 0 Å². The van der Waals surface area contributed by atoms with Crippen molar-refractivity contribution in [1.82, 2.24) is 5.43 Å². The van der Waals surface area contributed by atoms with Gasteiger partial charge in [-0.25, -0.2) is 5.43 Å². The first-order valence-electron chi connectivity index (χ1n) is 8.71. The van der Waals surface area contributed by atoms with Crippen molar-refractivity contribution < 1.29 is 24.4 Å². The standard InChI is InChI=1S/C19H20N4O6/c1-2-29-16-6-3-14(4-7-16)21-18(25)9-10-19(26)22-20-12-13-11-15(23(27)28)5-8-17(13)24/h3-8,11-12,24H,2,9-10H2,1H3,(H,21,25)(H,22,26). The monoisotopic (exact) mass is 400 g/mol. The highest BCUT2D eigenvalue weighted by Crippen LogP contribution is 2.21. The molecule has 152 valence electrons. The fraction of sp³-hybridized carbons (Fsp3) is 0.211. The molecule has 2 amide bonds. The zero-order valence-corrected chi connectivity index (χ0v) is 15.6. The quantitative estimate of drug-likeness (QED) is 0.335. The molecule has 2 aromatic carbocycles. The number of carbonyl (C=O) groups excluding carboxylic acids is 2. The zero-order valence-electron chi connectivity index (χ0n) is 15.6. The summed E-state index contributed by atoms with van der Waals surface area (Å²) in [5.41, 5.74) is 2.64. The van der Waals surface area contributed by atoms with Crippen molar-refractivity contribution in [3.63, 3.8) is 0 Å². The number of hydrogen-bond donors (Lipinski definition) is 3. The van der Waals surface area contributed by atoms with Crippen molar-refractivity contribution in [3.05, 3.63) is 58.1 Å². The Labute approximate surface area is 166 Å². The molecule has 0 saturated heterocycles. The molecule has 0 aliphatic rings. The lowest BCUT2D eigenvalue weighted by atomic mass is 10.2. The van der Waals surface area contributed by atoms with Crippen LogP contribution in [0.25, 0.3) is 0 Å². The summed E-state index contributed by atoms with van der Waals surface area (Å²) in [6.07, 6.45) is 0.915. The first kappa shape index (κ1) is 21.4. The SMILES string of the molecule is CCOc1ccc(NC(=O)CCC(=O)NN=Cc2cc([N+](=O)[O-])ccc2O)cc1. The summed E-state index contributed by atoms with van der Waals surface area (Å²) in [5, 5.41) is 26.7. The molecule has 0 bridgehead atoms. The third kappa shape index (κ3) is 6.94. The Hall–Kier alpha value is -3.95. The average molecular weight is 400 g/mol. The van der Waals surface area contributed by atoms with Gasteiger partial charge in [-0.1, -0.05) is 0 Å². The predicted molar refractivity (Wildman–Crippen MR) is 106 cm³/mol. The van der Waals surface area contributed by atoms with Crippen LogP contribution < -0.4 is 15.5 Å². The fourth-order valence-electron chi connectivity index (χ4n) is 2.24. The first-order chi connectivity index (χ1) is 13.9. The Morgan fingerprint density at radius 1 is 1.17 bits per heavy atom. The topological polar surface area (TPSA) is 143 Å². The Kier molecular flexibility index (Phi) is 7.66. The first-order valence-corrected chi connectivity index (χ1v) is 8.71. The van der Waals surface area contributed by atoms with E-state index in [-0.39, 0.29) is 35.7 Å². The van der Waals surface area contributed by atoms with Gasteiger partial charge in [0.1, 0.15) is 11.5 Å². The van der Waals surface area contributed by atoms with Crippen molar-refractivity contribution in [3.8, 4) is 11.5 Å². The smallest absolute Gasteiger partial charge is 0.270 e. The van der Waals surface area contributed by atoms with Gasteiger partial charge in [-0.3, -0.25) is 19.7 Å². The van der Waals surface area contributed by atoms with Crippen LogP contribution in [0.2, 0.25) is 0 Å². The van der Waals surface area contributed by atoms with Crippen LogP contribution in [-0.2, 0) is 9.59 Å². The molecule has 0 aliphatic carbocycles. The highest BCUT2D eigenvalue weighted by molar-refractivity contribution is 5.93. The molecule has 2 rings (SSSR count). The van der Waals surface area contributed by atoms with Gasteiger partial charge in [-0.2, -0.15) is 5.10 Å². The van der Waals surface area contributed by atoms with Gasteiger partial charge in [0.05, 0.1) is 17.7 Å². The van der Waals surface area contributed by atoms with Crippen molar-refractivity contribution in [1.29, 1.82) is 0 Å². The molecule has 2 aromatic rings. The molecule has 0 aromatic heterocycles. The minimum atomic E-state index is -0.613. The number of nitrogens with zero attached hydrogens (tertiary/aromatic N) is 2. The number of aromatic hydroxyl groups is 1. The molecule has 0 radical (unpaired) electrons. The van der Waals surface area contributed by atoms with Crippen LogP contribution in [0.15, 0.2) is 47.6 Å². The second-order valence-electron chi connectivity index (χ2n) is 5.80. The third-order valence-electron chi connectivity index (χ3n) is 3.64. The molecule has 0 unspecified atom stereocenters. The van der Waals surface area contributed by atoms with Crippen molar-refractivity contribution in [2.24, 2.45) is 5.10 Å². The number of carbonyl (C=O) groups is 2. The van der Waals surface area contributed by atoms with Crippen LogP contribution in [0.5, 0.6) is 11.5 Å². The molecule has 3 N–H and O–H groups in total. The summed E-state index contributed by atoms with van der Waals surface area (Å²) in [7, 11) is 0. The minimum Gasteiger partial charge on any atom is -0.507 e. The number of nitro benzene ring substituents is 1. The van der Waals surface area contributed by atoms with E-state index in [4.69, 9.17) is 4.74 Å². The maximum atomic E-state index is 11.9. The highest BCUT2D eigenvalue weighted by atomic mass is 16.6. The summed E-state index contributed by atoms with van der Waals surface area (Å²) in [6.45, 7) is 2.42. The molecular formula is C19H20N4O6. The molecule has 0 saturated carbocycles. The number of phenolic OH excluding ortho intramolecular Hbond substituents is 1. The van der Waals surface area contributed by atoms with E-state index >= 15 is 0 Å². The molecule has 0 spiro atoms. The largest absolute Gasteiger partial charge is 0.507 e. The van der Waals surface area contributed by atoms with E-state index < -0.39 is 10.8 Å². The van der Waals surface area contributed by atoms with Gasteiger partial charge >= 0.3 is 0 Å². The lowest BCUT2D eigenvalue weighted by Crippen LogP contribution is -2.20. The van der Waals surface area contributed by atoms with Crippen LogP contribution in [0.4, 0.5) is 11.4 Å². The average Bonchev–Trinajstić information content (AvgIpc) is 2.69. The molecule has 29 heavy (non-hydrogen) atoms. The number of anilines is 1. The molecule has 0 atom stereocenters. The Balaban J connectivity index is 1.79. The van der Waals surface area contributed by atoms with Crippen LogP contribution in [0.1, 0.15) is 25.3 Å². The second kappa shape index (κ2) is 10.4. The van der Waals surface area contributed by atoms with Crippen molar-refractivity contribution in [2.45, 2.75) is 19.8 Å². The minimum absolute atomic E-state index is 0.0589. The third-order valence-corrected chi connectivity index (χ3v) is 3.64. The van der Waals surface area contributed by atoms with E-state index in [0.717, 1.165) is 24.4 Å². The lowest BCUT2D eigenvalue weighted by Gasteiger charge is -2.07. The number of nitro groups is 1. The summed E-state index contributed by atoms with van der Waals surface area (Å²) in [5.74, 6) is -0.390. The zero-order chi connectivity index (χ0) is 21.2. The predicted octanol–water partition coefficient (Wildman–Crippen LogP) is 2.57. The number of benzene rings is 2. The summed E-state index contributed by atoms with van der Waals surface area (Å²) < 4.78 is 5.31. The number of ether oxygens (including phenoxy) is 1. The number of rotatable bonds is 9. The van der Waals surface area contributed by atoms with Gasteiger partial charge in [0, 0.05) is 36.2 Å². The normalized spacial score (nSPS) is 10.5. The van der Waals surface area contributed by atoms with E-state index in [9.17, 15) is 24.8 Å². The van der Waals surface area contributed by atoms with Crippen LogP contribution in [0.3, 0.4) is 0 Å². The van der Waals surface area contributed by atoms with Gasteiger partial charge in [-0.15, -0.1) is 0 Å². The number of hydrazone groups is 1. The van der Waals surface area contributed by atoms with Gasteiger partial charge < -0.3 is 15.2 Å². The maximum absolute atomic E-state index is 11.9. The molecular weight excluding hydrogens is 380 g/mol. The van der Waals surface area contributed by atoms with E-state index in [0.29, 0.717) is 18.0 Å². The molecule has 0 aliphatic heterocycles. The van der Waals surface area contributed by atoms with Crippen molar-refractivity contribution >= 4 is 29.4 Å². The van der Waals surface area contributed by atoms with Gasteiger partial charge in [0.2, 0.25) is 11.8 Å². The molecule has 0 fully saturated rings. The fourth-order valence-corrected chi connectivity index (χ4v) is 2.24. The second-order valence-corrected chi connectivity index (χ2v) is 5.80. The summed E-state index contributed by atoms with van der Waals surface area (Å²) in [6, 6.07) is 10.3. The van der Waals surface area contributed by atoms with E-state index in [2.05, 4.69) is 15.8 Å². The van der Waals surface area contributed by atoms with Gasteiger partial charge in [0.25, 0.3) is 5.69 Å². The number of non-ortho nitro benzene ring substituents is 1. The molecule has 0 heterocycles. The number of hydrogen-bond acceptors (Lipinski definition) is 7. The number of phenols is 1. The Morgan fingerprint density at radius 2 is 1.86 bits per heavy atom. The molecule has 10 nitrogen and oxygen atoms in total. The Morgan fingerprint density at radius 3 is 2.52 bits per heavy atom. The number of amides is 2. The van der Waals surface area contributed by atoms with E-state index in [1.54, 1.807) is 24.3 Å².